The molecule has 1 aromatic rings. The fraction of sp³-hybridized carbons (Fsp3) is 0.714. The first-order chi connectivity index (χ1) is 8.58. The third kappa shape index (κ3) is 3.32. The van der Waals surface area contributed by atoms with Crippen LogP contribution in [0.5, 0.6) is 0 Å². The Balaban J connectivity index is 2.18. The van der Waals surface area contributed by atoms with Crippen molar-refractivity contribution in [2.45, 2.75) is 45.4 Å². The fourth-order valence-electron chi connectivity index (χ4n) is 2.66. The van der Waals surface area contributed by atoms with Crippen molar-refractivity contribution in [3.63, 3.8) is 0 Å². The van der Waals surface area contributed by atoms with Crippen molar-refractivity contribution in [1.82, 2.24) is 4.90 Å². The first kappa shape index (κ1) is 14.0. The van der Waals surface area contributed by atoms with Crippen molar-refractivity contribution < 1.29 is 4.74 Å². The van der Waals surface area contributed by atoms with Crippen LogP contribution in [0.1, 0.15) is 36.1 Å². The van der Waals surface area contributed by atoms with E-state index < -0.39 is 0 Å². The molecule has 2 rings (SSSR count). The highest BCUT2D eigenvalue weighted by atomic mass is 32.1. The smallest absolute Gasteiger partial charge is 0.0674 e. The third-order valence-electron chi connectivity index (χ3n) is 3.43. The molecule has 2 heterocycles. The normalized spacial score (nSPS) is 25.7. The molecular formula is C14H24N2OS. The Labute approximate surface area is 114 Å². The van der Waals surface area contributed by atoms with E-state index in [2.05, 4.69) is 37.8 Å². The summed E-state index contributed by atoms with van der Waals surface area (Å²) in [6.07, 6.45) is 1.40. The second-order valence-electron chi connectivity index (χ2n) is 5.28. The second kappa shape index (κ2) is 6.15. The summed E-state index contributed by atoms with van der Waals surface area (Å²) in [5.74, 6) is 0. The Hall–Kier alpha value is -0.420. The molecule has 1 aliphatic rings. The highest BCUT2D eigenvalue weighted by molar-refractivity contribution is 7.12. The quantitative estimate of drug-likeness (QED) is 0.915. The van der Waals surface area contributed by atoms with Gasteiger partial charge in [0.2, 0.25) is 0 Å². The molecule has 0 radical (unpaired) electrons. The summed E-state index contributed by atoms with van der Waals surface area (Å²) < 4.78 is 5.72. The lowest BCUT2D eigenvalue weighted by atomic mass is 10.1. The van der Waals surface area contributed by atoms with E-state index in [9.17, 15) is 0 Å². The SMILES string of the molecule is Cc1ccc(C(C(C)N)N2CCCOC(C)C2)s1. The van der Waals surface area contributed by atoms with Crippen LogP contribution in [0, 0.1) is 6.92 Å². The number of hydrogen-bond acceptors (Lipinski definition) is 4. The van der Waals surface area contributed by atoms with Crippen LogP contribution in [0.3, 0.4) is 0 Å². The van der Waals surface area contributed by atoms with Crippen molar-refractivity contribution in [3.8, 4) is 0 Å². The van der Waals surface area contributed by atoms with E-state index in [0.717, 1.165) is 26.1 Å². The van der Waals surface area contributed by atoms with Gasteiger partial charge in [0.15, 0.2) is 0 Å². The predicted octanol–water partition coefficient (Wildman–Crippen LogP) is 2.56. The summed E-state index contributed by atoms with van der Waals surface area (Å²) in [5, 5.41) is 0. The molecule has 3 unspecified atom stereocenters. The number of nitrogens with two attached hydrogens (primary N) is 1. The lowest BCUT2D eigenvalue weighted by Crippen LogP contribution is -2.41. The maximum absolute atomic E-state index is 6.23. The highest BCUT2D eigenvalue weighted by Crippen LogP contribution is 2.30. The van der Waals surface area contributed by atoms with Crippen molar-refractivity contribution in [1.29, 1.82) is 0 Å². The third-order valence-corrected chi connectivity index (χ3v) is 4.50. The number of ether oxygens (including phenoxy) is 1. The van der Waals surface area contributed by atoms with E-state index in [1.54, 1.807) is 0 Å². The Kier molecular flexibility index (Phi) is 4.78. The number of nitrogens with zero attached hydrogens (tertiary/aromatic N) is 1. The Morgan fingerprint density at radius 2 is 2.28 bits per heavy atom. The molecule has 1 aliphatic heterocycles. The minimum atomic E-state index is 0.147. The zero-order chi connectivity index (χ0) is 13.1. The molecule has 18 heavy (non-hydrogen) atoms. The molecule has 0 amide bonds. The molecule has 1 saturated heterocycles. The molecule has 102 valence electrons. The number of aryl methyl sites for hydroxylation is 1. The van der Waals surface area contributed by atoms with Crippen LogP contribution in [0.25, 0.3) is 0 Å². The van der Waals surface area contributed by atoms with Gasteiger partial charge in [-0.3, -0.25) is 4.90 Å². The average Bonchev–Trinajstić information content (AvgIpc) is 2.58. The molecule has 3 atom stereocenters. The maximum atomic E-state index is 6.23. The van der Waals surface area contributed by atoms with Gasteiger partial charge in [0.1, 0.15) is 0 Å². The predicted molar refractivity (Wildman–Crippen MR) is 77.1 cm³/mol. The standard InChI is InChI=1S/C14H24N2OS/c1-10-9-16(7-4-8-17-10)14(12(3)15)13-6-5-11(2)18-13/h5-6,10,12,14H,4,7-9,15H2,1-3H3. The van der Waals surface area contributed by atoms with Crippen molar-refractivity contribution in [2.24, 2.45) is 5.73 Å². The minimum Gasteiger partial charge on any atom is -0.377 e. The van der Waals surface area contributed by atoms with Crippen LogP contribution in [0.15, 0.2) is 12.1 Å². The molecule has 0 aromatic carbocycles. The average molecular weight is 268 g/mol. The first-order valence-corrected chi connectivity index (χ1v) is 7.57. The van der Waals surface area contributed by atoms with E-state index >= 15 is 0 Å². The van der Waals surface area contributed by atoms with Crippen molar-refractivity contribution in [3.05, 3.63) is 21.9 Å². The molecule has 0 saturated carbocycles. The molecule has 3 nitrogen and oxygen atoms in total. The topological polar surface area (TPSA) is 38.5 Å². The van der Waals surface area contributed by atoms with Crippen LogP contribution in [-0.2, 0) is 4.74 Å². The van der Waals surface area contributed by atoms with Gasteiger partial charge < -0.3 is 10.5 Å². The minimum absolute atomic E-state index is 0.147. The van der Waals surface area contributed by atoms with Gasteiger partial charge in [-0.15, -0.1) is 11.3 Å². The van der Waals surface area contributed by atoms with Crippen molar-refractivity contribution in [2.75, 3.05) is 19.7 Å². The second-order valence-corrected chi connectivity index (χ2v) is 6.60. The van der Waals surface area contributed by atoms with E-state index in [0.29, 0.717) is 12.1 Å². The van der Waals surface area contributed by atoms with Gasteiger partial charge in [-0.2, -0.15) is 0 Å². The lowest BCUT2D eigenvalue weighted by molar-refractivity contribution is 0.0587. The van der Waals surface area contributed by atoms with Crippen LogP contribution in [0.2, 0.25) is 0 Å². The molecule has 0 bridgehead atoms. The van der Waals surface area contributed by atoms with E-state index in [1.807, 2.05) is 11.3 Å². The molecule has 0 aliphatic carbocycles. The highest BCUT2D eigenvalue weighted by Gasteiger charge is 2.27. The van der Waals surface area contributed by atoms with E-state index in [-0.39, 0.29) is 6.04 Å². The van der Waals surface area contributed by atoms with Crippen LogP contribution < -0.4 is 5.73 Å². The van der Waals surface area contributed by atoms with Crippen LogP contribution in [0.4, 0.5) is 0 Å². The molecule has 2 N–H and O–H groups in total. The van der Waals surface area contributed by atoms with Gasteiger partial charge in [0.25, 0.3) is 0 Å². The van der Waals surface area contributed by atoms with Gasteiger partial charge in [-0.25, -0.2) is 0 Å². The number of hydrogen-bond donors (Lipinski definition) is 1. The Morgan fingerprint density at radius 1 is 1.50 bits per heavy atom. The number of rotatable bonds is 3. The lowest BCUT2D eigenvalue weighted by Gasteiger charge is -2.33. The molecular weight excluding hydrogens is 244 g/mol. The monoisotopic (exact) mass is 268 g/mol. The van der Waals surface area contributed by atoms with Gasteiger partial charge in [0, 0.05) is 35.5 Å². The van der Waals surface area contributed by atoms with Crippen LogP contribution in [-0.4, -0.2) is 36.7 Å². The summed E-state index contributed by atoms with van der Waals surface area (Å²) in [7, 11) is 0. The summed E-state index contributed by atoms with van der Waals surface area (Å²) >= 11 is 1.86. The summed E-state index contributed by atoms with van der Waals surface area (Å²) in [6, 6.07) is 4.89. The van der Waals surface area contributed by atoms with Crippen molar-refractivity contribution >= 4 is 11.3 Å². The fourth-order valence-corrected chi connectivity index (χ4v) is 3.79. The van der Waals surface area contributed by atoms with Gasteiger partial charge in [0.05, 0.1) is 12.1 Å². The zero-order valence-electron chi connectivity index (χ0n) is 11.6. The van der Waals surface area contributed by atoms with E-state index in [4.69, 9.17) is 10.5 Å². The summed E-state index contributed by atoms with van der Waals surface area (Å²) in [5.41, 5.74) is 6.23. The zero-order valence-corrected chi connectivity index (χ0v) is 12.4. The molecule has 0 spiro atoms. The number of thiophene rings is 1. The van der Waals surface area contributed by atoms with Gasteiger partial charge >= 0.3 is 0 Å². The Morgan fingerprint density at radius 3 is 2.89 bits per heavy atom. The summed E-state index contributed by atoms with van der Waals surface area (Å²) in [4.78, 5) is 5.24. The van der Waals surface area contributed by atoms with E-state index in [1.165, 1.54) is 9.75 Å². The molecule has 1 fully saturated rings. The molecule has 4 heteroatoms. The summed E-state index contributed by atoms with van der Waals surface area (Å²) in [6.45, 7) is 9.33. The first-order valence-electron chi connectivity index (χ1n) is 6.75. The largest absolute Gasteiger partial charge is 0.377 e. The van der Waals surface area contributed by atoms with Crippen LogP contribution >= 0.6 is 11.3 Å². The molecule has 1 aromatic heterocycles. The Bertz CT molecular complexity index is 378. The van der Waals surface area contributed by atoms with Gasteiger partial charge in [-0.05, 0) is 39.3 Å². The maximum Gasteiger partial charge on any atom is 0.0674 e. The van der Waals surface area contributed by atoms with Gasteiger partial charge in [-0.1, -0.05) is 0 Å².